The van der Waals surface area contributed by atoms with E-state index in [0.29, 0.717) is 17.9 Å². The predicted octanol–water partition coefficient (Wildman–Crippen LogP) is 4.17. The van der Waals surface area contributed by atoms with Gasteiger partial charge in [-0.3, -0.25) is 4.79 Å². The Labute approximate surface area is 145 Å². The first-order valence-electron chi connectivity index (χ1n) is 8.30. The van der Waals surface area contributed by atoms with Crippen molar-refractivity contribution in [2.45, 2.75) is 20.4 Å². The van der Waals surface area contributed by atoms with E-state index in [1.54, 1.807) is 12.1 Å². The van der Waals surface area contributed by atoms with E-state index >= 15 is 0 Å². The van der Waals surface area contributed by atoms with E-state index in [1.165, 1.54) is 5.56 Å². The molecule has 0 aliphatic carbocycles. The number of nitrogens with one attached hydrogen (secondary N) is 1. The molecule has 4 aromatic rings. The van der Waals surface area contributed by atoms with Crippen LogP contribution in [-0.2, 0) is 6.54 Å². The first-order valence-corrected chi connectivity index (χ1v) is 8.30. The number of fused-ring (bicyclic) bond motifs is 2. The summed E-state index contributed by atoms with van der Waals surface area (Å²) in [5.74, 6) is 0.370. The number of anilines is 1. The fourth-order valence-corrected chi connectivity index (χ4v) is 2.96. The molecule has 0 fully saturated rings. The van der Waals surface area contributed by atoms with Gasteiger partial charge in [-0.2, -0.15) is 5.10 Å². The molecule has 5 heteroatoms. The van der Waals surface area contributed by atoms with Gasteiger partial charge in [0.2, 0.25) is 0 Å². The van der Waals surface area contributed by atoms with Crippen LogP contribution in [0.15, 0.2) is 54.6 Å². The van der Waals surface area contributed by atoms with Crippen LogP contribution in [0.2, 0.25) is 0 Å². The van der Waals surface area contributed by atoms with Gasteiger partial charge in [0.1, 0.15) is 0 Å². The standard InChI is InChI=1S/C20H18N4O/c1-3-24-19-16(12-15-11-13(2)9-10-17(15)21-19)18(23-24)22-20(25)14-7-5-4-6-8-14/h4-12H,3H2,1-2H3,(H,22,23,25). The first kappa shape index (κ1) is 15.3. The molecule has 4 rings (SSSR count). The number of nitrogens with zero attached hydrogens (tertiary/aromatic N) is 3. The second kappa shape index (κ2) is 6.02. The van der Waals surface area contributed by atoms with Crippen molar-refractivity contribution in [3.05, 3.63) is 65.7 Å². The van der Waals surface area contributed by atoms with Crippen molar-refractivity contribution in [2.24, 2.45) is 0 Å². The Bertz CT molecular complexity index is 1080. The van der Waals surface area contributed by atoms with Crippen molar-refractivity contribution in [1.82, 2.24) is 14.8 Å². The topological polar surface area (TPSA) is 59.8 Å². The van der Waals surface area contributed by atoms with E-state index in [-0.39, 0.29) is 5.91 Å². The summed E-state index contributed by atoms with van der Waals surface area (Å²) in [6.45, 7) is 4.75. The zero-order valence-electron chi connectivity index (χ0n) is 14.2. The zero-order valence-corrected chi connectivity index (χ0v) is 14.2. The number of hydrogen-bond donors (Lipinski definition) is 1. The average molecular weight is 330 g/mol. The lowest BCUT2D eigenvalue weighted by Crippen LogP contribution is -2.12. The molecule has 2 heterocycles. The van der Waals surface area contributed by atoms with Gasteiger partial charge in [0.05, 0.1) is 10.9 Å². The van der Waals surface area contributed by atoms with E-state index in [9.17, 15) is 4.79 Å². The van der Waals surface area contributed by atoms with Crippen LogP contribution in [0.5, 0.6) is 0 Å². The van der Waals surface area contributed by atoms with Crippen molar-refractivity contribution in [3.8, 4) is 0 Å². The van der Waals surface area contributed by atoms with Crippen LogP contribution in [0.4, 0.5) is 5.82 Å². The highest BCUT2D eigenvalue weighted by atomic mass is 16.1. The van der Waals surface area contributed by atoms with E-state index in [2.05, 4.69) is 23.4 Å². The fourth-order valence-electron chi connectivity index (χ4n) is 2.96. The molecule has 2 aromatic heterocycles. The molecule has 0 aliphatic rings. The number of rotatable bonds is 3. The largest absolute Gasteiger partial charge is 0.305 e. The van der Waals surface area contributed by atoms with Crippen LogP contribution in [0.3, 0.4) is 0 Å². The SMILES string of the molecule is CCn1nc(NC(=O)c2ccccc2)c2cc3cc(C)ccc3nc21. The van der Waals surface area contributed by atoms with Crippen LogP contribution in [0.1, 0.15) is 22.8 Å². The van der Waals surface area contributed by atoms with Crippen LogP contribution in [0, 0.1) is 6.92 Å². The number of aryl methyl sites for hydroxylation is 2. The van der Waals surface area contributed by atoms with E-state index in [0.717, 1.165) is 21.9 Å². The van der Waals surface area contributed by atoms with Gasteiger partial charge in [-0.05, 0) is 44.2 Å². The third-order valence-corrected chi connectivity index (χ3v) is 4.24. The van der Waals surface area contributed by atoms with Crippen molar-refractivity contribution in [3.63, 3.8) is 0 Å². The molecular weight excluding hydrogens is 312 g/mol. The lowest BCUT2D eigenvalue weighted by molar-refractivity contribution is 0.102. The number of amides is 1. The Kier molecular flexibility index (Phi) is 3.69. The van der Waals surface area contributed by atoms with Crippen LogP contribution >= 0.6 is 0 Å². The quantitative estimate of drug-likeness (QED) is 0.613. The summed E-state index contributed by atoms with van der Waals surface area (Å²) in [5, 5.41) is 9.36. The summed E-state index contributed by atoms with van der Waals surface area (Å²) in [7, 11) is 0. The predicted molar refractivity (Wildman–Crippen MR) is 99.8 cm³/mol. The third kappa shape index (κ3) is 2.74. The minimum absolute atomic E-state index is 0.174. The normalized spacial score (nSPS) is 11.1. The van der Waals surface area contributed by atoms with Crippen molar-refractivity contribution in [2.75, 3.05) is 5.32 Å². The maximum atomic E-state index is 12.5. The number of benzene rings is 2. The summed E-state index contributed by atoms with van der Waals surface area (Å²) < 4.78 is 1.81. The monoisotopic (exact) mass is 330 g/mol. The van der Waals surface area contributed by atoms with Gasteiger partial charge >= 0.3 is 0 Å². The Hall–Kier alpha value is -3.21. The smallest absolute Gasteiger partial charge is 0.256 e. The molecule has 0 bridgehead atoms. The molecule has 0 saturated heterocycles. The van der Waals surface area contributed by atoms with Gasteiger partial charge in [-0.1, -0.05) is 29.8 Å². The summed E-state index contributed by atoms with van der Waals surface area (Å²) >= 11 is 0. The van der Waals surface area contributed by atoms with Crippen molar-refractivity contribution in [1.29, 1.82) is 0 Å². The van der Waals surface area contributed by atoms with Crippen LogP contribution in [-0.4, -0.2) is 20.7 Å². The number of carbonyl (C=O) groups excluding carboxylic acids is 1. The Balaban J connectivity index is 1.84. The molecule has 0 atom stereocenters. The minimum Gasteiger partial charge on any atom is -0.305 e. The number of hydrogen-bond acceptors (Lipinski definition) is 3. The molecule has 5 nitrogen and oxygen atoms in total. The average Bonchev–Trinajstić information content (AvgIpc) is 2.97. The summed E-state index contributed by atoms with van der Waals surface area (Å²) in [6.07, 6.45) is 0. The Morgan fingerprint density at radius 2 is 1.92 bits per heavy atom. The molecular formula is C20H18N4O. The van der Waals surface area contributed by atoms with Gasteiger partial charge in [0.25, 0.3) is 5.91 Å². The molecule has 0 saturated carbocycles. The number of pyridine rings is 1. The van der Waals surface area contributed by atoms with Gasteiger partial charge in [0.15, 0.2) is 11.5 Å². The summed E-state index contributed by atoms with van der Waals surface area (Å²) in [4.78, 5) is 17.2. The number of carbonyl (C=O) groups is 1. The fraction of sp³-hybridized carbons (Fsp3) is 0.150. The van der Waals surface area contributed by atoms with Crippen LogP contribution < -0.4 is 5.32 Å². The molecule has 124 valence electrons. The third-order valence-electron chi connectivity index (χ3n) is 4.24. The highest BCUT2D eigenvalue weighted by Gasteiger charge is 2.15. The van der Waals surface area contributed by atoms with Gasteiger partial charge < -0.3 is 5.32 Å². The Morgan fingerprint density at radius 3 is 2.68 bits per heavy atom. The second-order valence-electron chi connectivity index (χ2n) is 6.04. The van der Waals surface area contributed by atoms with Crippen molar-refractivity contribution < 1.29 is 4.79 Å². The lowest BCUT2D eigenvalue weighted by atomic mass is 10.1. The molecule has 2 aromatic carbocycles. The second-order valence-corrected chi connectivity index (χ2v) is 6.04. The number of aromatic nitrogens is 3. The maximum Gasteiger partial charge on any atom is 0.256 e. The molecule has 0 unspecified atom stereocenters. The van der Waals surface area contributed by atoms with E-state index < -0.39 is 0 Å². The molecule has 0 spiro atoms. The summed E-state index contributed by atoms with van der Waals surface area (Å²) in [5.41, 5.74) is 3.48. The minimum atomic E-state index is -0.174. The maximum absolute atomic E-state index is 12.5. The lowest BCUT2D eigenvalue weighted by Gasteiger charge is -2.03. The molecule has 25 heavy (non-hydrogen) atoms. The Morgan fingerprint density at radius 1 is 1.12 bits per heavy atom. The van der Waals surface area contributed by atoms with Gasteiger partial charge in [-0.15, -0.1) is 0 Å². The molecule has 0 radical (unpaired) electrons. The first-order chi connectivity index (χ1) is 12.2. The van der Waals surface area contributed by atoms with Crippen LogP contribution in [0.25, 0.3) is 21.9 Å². The molecule has 0 aliphatic heterocycles. The van der Waals surface area contributed by atoms with Crippen molar-refractivity contribution >= 4 is 33.7 Å². The van der Waals surface area contributed by atoms with Gasteiger partial charge in [0, 0.05) is 17.5 Å². The summed E-state index contributed by atoms with van der Waals surface area (Å²) in [6, 6.07) is 17.3. The van der Waals surface area contributed by atoms with E-state index in [4.69, 9.17) is 4.98 Å². The highest BCUT2D eigenvalue weighted by molar-refractivity contribution is 6.08. The van der Waals surface area contributed by atoms with Gasteiger partial charge in [-0.25, -0.2) is 9.67 Å². The highest BCUT2D eigenvalue weighted by Crippen LogP contribution is 2.26. The van der Waals surface area contributed by atoms with E-state index in [1.807, 2.05) is 48.0 Å². The molecule has 1 N–H and O–H groups in total. The zero-order chi connectivity index (χ0) is 17.4. The molecule has 1 amide bonds.